The van der Waals surface area contributed by atoms with Gasteiger partial charge in [0.25, 0.3) is 5.91 Å². The first-order valence-electron chi connectivity index (χ1n) is 8.00. The summed E-state index contributed by atoms with van der Waals surface area (Å²) in [6.07, 6.45) is 0.996. The lowest BCUT2D eigenvalue weighted by Gasteiger charge is -2.17. The van der Waals surface area contributed by atoms with Crippen molar-refractivity contribution in [1.82, 2.24) is 0 Å². The quantitative estimate of drug-likeness (QED) is 0.835. The van der Waals surface area contributed by atoms with Crippen molar-refractivity contribution >= 4 is 23.2 Å². The molecule has 122 valence electrons. The molecule has 0 aromatic heterocycles. The molecule has 2 atom stereocenters. The number of halogens is 1. The zero-order valence-electron chi connectivity index (χ0n) is 13.8. The lowest BCUT2D eigenvalue weighted by atomic mass is 10.1. The minimum absolute atomic E-state index is 0.00289. The molecule has 0 fully saturated rings. The molecule has 2 rings (SSSR count). The van der Waals surface area contributed by atoms with Gasteiger partial charge in [-0.1, -0.05) is 42.8 Å². The summed E-state index contributed by atoms with van der Waals surface area (Å²) in [5, 5.41) is 5.73. The molecule has 1 amide bonds. The van der Waals surface area contributed by atoms with E-state index >= 15 is 0 Å². The minimum Gasteiger partial charge on any atom is -0.330 e. The van der Waals surface area contributed by atoms with E-state index in [1.54, 1.807) is 0 Å². The van der Waals surface area contributed by atoms with Crippen LogP contribution in [0.25, 0.3) is 0 Å². The molecule has 0 heterocycles. The molecule has 3 N–H and O–H groups in total. The highest BCUT2D eigenvalue weighted by atomic mass is 35.5. The SMILES string of the molecule is CCc1ccc(NC(=O)[C@@H](C)[NH2+][C@@H](C)c2cccc(Cl)c2)cc1. The smallest absolute Gasteiger partial charge is 0.282 e. The van der Waals surface area contributed by atoms with E-state index in [1.807, 2.05) is 60.8 Å². The number of benzene rings is 2. The third-order valence-corrected chi connectivity index (χ3v) is 4.23. The topological polar surface area (TPSA) is 45.7 Å². The van der Waals surface area contributed by atoms with E-state index in [1.165, 1.54) is 5.56 Å². The number of rotatable bonds is 6. The zero-order valence-corrected chi connectivity index (χ0v) is 14.6. The van der Waals surface area contributed by atoms with Gasteiger partial charge in [-0.2, -0.15) is 0 Å². The zero-order chi connectivity index (χ0) is 16.8. The first-order chi connectivity index (χ1) is 11.0. The van der Waals surface area contributed by atoms with Crippen molar-refractivity contribution in [2.75, 3.05) is 5.32 Å². The van der Waals surface area contributed by atoms with E-state index in [0.29, 0.717) is 0 Å². The lowest BCUT2D eigenvalue weighted by Crippen LogP contribution is -2.91. The molecule has 0 radical (unpaired) electrons. The van der Waals surface area contributed by atoms with Crippen molar-refractivity contribution in [1.29, 1.82) is 0 Å². The van der Waals surface area contributed by atoms with Crippen LogP contribution >= 0.6 is 11.6 Å². The molecule has 0 saturated carbocycles. The third-order valence-electron chi connectivity index (χ3n) is 4.00. The van der Waals surface area contributed by atoms with Crippen molar-refractivity contribution in [3.63, 3.8) is 0 Å². The highest BCUT2D eigenvalue weighted by molar-refractivity contribution is 6.30. The summed E-state index contributed by atoms with van der Waals surface area (Å²) in [4.78, 5) is 12.3. The van der Waals surface area contributed by atoms with Gasteiger partial charge in [0.15, 0.2) is 6.04 Å². The van der Waals surface area contributed by atoms with Gasteiger partial charge >= 0.3 is 0 Å². The predicted octanol–water partition coefficient (Wildman–Crippen LogP) is 3.55. The Kier molecular flexibility index (Phi) is 6.20. The minimum atomic E-state index is -0.185. The molecule has 3 nitrogen and oxygen atoms in total. The number of carbonyl (C=O) groups is 1. The second-order valence-corrected chi connectivity index (χ2v) is 6.30. The van der Waals surface area contributed by atoms with Gasteiger partial charge < -0.3 is 10.6 Å². The number of nitrogens with one attached hydrogen (secondary N) is 1. The summed E-state index contributed by atoms with van der Waals surface area (Å²) in [7, 11) is 0. The molecule has 0 bridgehead atoms. The normalized spacial score (nSPS) is 13.4. The summed E-state index contributed by atoms with van der Waals surface area (Å²) in [5.41, 5.74) is 3.21. The van der Waals surface area contributed by atoms with Crippen molar-refractivity contribution < 1.29 is 10.1 Å². The molecule has 2 aromatic rings. The third kappa shape index (κ3) is 5.08. The van der Waals surface area contributed by atoms with Crippen LogP contribution in [-0.2, 0) is 11.2 Å². The molecule has 0 saturated heterocycles. The number of nitrogens with two attached hydrogens (primary N) is 1. The highest BCUT2D eigenvalue weighted by Crippen LogP contribution is 2.15. The van der Waals surface area contributed by atoms with Crippen molar-refractivity contribution in [2.45, 2.75) is 39.3 Å². The standard InChI is InChI=1S/C19H23ClN2O/c1-4-15-8-10-18(11-9-15)22-19(23)14(3)21-13(2)16-6-5-7-17(20)12-16/h5-14,21H,4H2,1-3H3,(H,22,23)/p+1/t13-,14+/m0/s1. The molecule has 2 aromatic carbocycles. The molecule has 0 unspecified atom stereocenters. The van der Waals surface area contributed by atoms with Crippen LogP contribution in [0.1, 0.15) is 37.9 Å². The number of quaternary nitrogens is 1. The maximum Gasteiger partial charge on any atom is 0.282 e. The van der Waals surface area contributed by atoms with Crippen LogP contribution in [0.2, 0.25) is 5.02 Å². The molecule has 4 heteroatoms. The van der Waals surface area contributed by atoms with E-state index in [-0.39, 0.29) is 18.0 Å². The lowest BCUT2D eigenvalue weighted by molar-refractivity contribution is -0.709. The van der Waals surface area contributed by atoms with Crippen LogP contribution in [0.4, 0.5) is 5.69 Å². The number of amides is 1. The fourth-order valence-electron chi connectivity index (χ4n) is 2.50. The number of anilines is 1. The maximum atomic E-state index is 12.3. The first-order valence-corrected chi connectivity index (χ1v) is 8.37. The molecule has 0 aliphatic heterocycles. The van der Waals surface area contributed by atoms with E-state index in [2.05, 4.69) is 19.2 Å². The van der Waals surface area contributed by atoms with Crippen LogP contribution in [0, 0.1) is 0 Å². The van der Waals surface area contributed by atoms with Gasteiger partial charge in [0.05, 0.1) is 0 Å². The van der Waals surface area contributed by atoms with Crippen LogP contribution in [0.5, 0.6) is 0 Å². The average molecular weight is 332 g/mol. The molecule has 0 spiro atoms. The molecular weight excluding hydrogens is 308 g/mol. The van der Waals surface area contributed by atoms with E-state index in [9.17, 15) is 4.79 Å². The number of hydrogen-bond acceptors (Lipinski definition) is 1. The molecule has 23 heavy (non-hydrogen) atoms. The Labute approximate surface area is 143 Å². The van der Waals surface area contributed by atoms with Gasteiger partial charge in [0.1, 0.15) is 6.04 Å². The van der Waals surface area contributed by atoms with Gasteiger partial charge in [0, 0.05) is 16.3 Å². The Morgan fingerprint density at radius 3 is 2.48 bits per heavy atom. The molecule has 0 aliphatic rings. The number of carbonyl (C=O) groups excluding carboxylic acids is 1. The van der Waals surface area contributed by atoms with Gasteiger partial charge in [0.2, 0.25) is 0 Å². The Morgan fingerprint density at radius 2 is 1.87 bits per heavy atom. The van der Waals surface area contributed by atoms with E-state index in [0.717, 1.165) is 22.7 Å². The molecular formula is C19H24ClN2O+. The Balaban J connectivity index is 1.93. The van der Waals surface area contributed by atoms with Gasteiger partial charge in [-0.15, -0.1) is 0 Å². The van der Waals surface area contributed by atoms with Crippen LogP contribution < -0.4 is 10.6 Å². The Hall–Kier alpha value is -1.84. The van der Waals surface area contributed by atoms with Gasteiger partial charge in [-0.25, -0.2) is 0 Å². The van der Waals surface area contributed by atoms with E-state index < -0.39 is 0 Å². The second kappa shape index (κ2) is 8.14. The summed E-state index contributed by atoms with van der Waals surface area (Å²) in [5.74, 6) is 0.00289. The second-order valence-electron chi connectivity index (χ2n) is 5.86. The van der Waals surface area contributed by atoms with Crippen molar-refractivity contribution in [2.24, 2.45) is 0 Å². The summed E-state index contributed by atoms with van der Waals surface area (Å²) in [6.45, 7) is 6.10. The average Bonchev–Trinajstić information content (AvgIpc) is 2.55. The predicted molar refractivity (Wildman–Crippen MR) is 95.7 cm³/mol. The summed E-state index contributed by atoms with van der Waals surface area (Å²) in [6, 6.07) is 15.7. The van der Waals surface area contributed by atoms with Gasteiger partial charge in [-0.3, -0.25) is 4.79 Å². The van der Waals surface area contributed by atoms with Crippen LogP contribution in [-0.4, -0.2) is 11.9 Å². The Bertz CT molecular complexity index is 655. The van der Waals surface area contributed by atoms with E-state index in [4.69, 9.17) is 11.6 Å². The fourth-order valence-corrected chi connectivity index (χ4v) is 2.70. The first kappa shape index (κ1) is 17.5. The summed E-state index contributed by atoms with van der Waals surface area (Å²) < 4.78 is 0. The van der Waals surface area contributed by atoms with Crippen LogP contribution in [0.15, 0.2) is 48.5 Å². The fraction of sp³-hybridized carbons (Fsp3) is 0.316. The highest BCUT2D eigenvalue weighted by Gasteiger charge is 2.20. The largest absolute Gasteiger partial charge is 0.330 e. The number of hydrogen-bond donors (Lipinski definition) is 2. The summed E-state index contributed by atoms with van der Waals surface area (Å²) >= 11 is 6.03. The van der Waals surface area contributed by atoms with Gasteiger partial charge in [-0.05, 0) is 50.1 Å². The Morgan fingerprint density at radius 1 is 1.17 bits per heavy atom. The molecule has 0 aliphatic carbocycles. The van der Waals surface area contributed by atoms with Crippen LogP contribution in [0.3, 0.4) is 0 Å². The van der Waals surface area contributed by atoms with Crippen molar-refractivity contribution in [3.8, 4) is 0 Å². The monoisotopic (exact) mass is 331 g/mol. The van der Waals surface area contributed by atoms with Crippen molar-refractivity contribution in [3.05, 3.63) is 64.7 Å². The number of aryl methyl sites for hydroxylation is 1. The maximum absolute atomic E-state index is 12.3.